The standard InChI is InChI=1S/C13H22FN3O/c1-5-15-7-11-6-12(14)8-16-13(11)17(3)9-10(2)18-4/h6,8,10,15H,5,7,9H2,1-4H3. The highest BCUT2D eigenvalue weighted by Crippen LogP contribution is 2.17. The fraction of sp³-hybridized carbons (Fsp3) is 0.615. The first kappa shape index (κ1) is 14.9. The predicted octanol–water partition coefficient (Wildman–Crippen LogP) is 1.80. The van der Waals surface area contributed by atoms with Crippen LogP contribution in [0.2, 0.25) is 0 Å². The Labute approximate surface area is 108 Å². The molecule has 1 heterocycles. The molecule has 18 heavy (non-hydrogen) atoms. The topological polar surface area (TPSA) is 37.4 Å². The van der Waals surface area contributed by atoms with Gasteiger partial charge in [0.25, 0.3) is 0 Å². The number of methoxy groups -OCH3 is 1. The van der Waals surface area contributed by atoms with Gasteiger partial charge < -0.3 is 15.0 Å². The fourth-order valence-electron chi connectivity index (χ4n) is 1.75. The molecule has 1 aromatic rings. The Morgan fingerprint density at radius 1 is 1.56 bits per heavy atom. The Kier molecular flexibility index (Phi) is 6.01. The highest BCUT2D eigenvalue weighted by Gasteiger charge is 2.12. The lowest BCUT2D eigenvalue weighted by Gasteiger charge is -2.24. The molecule has 0 radical (unpaired) electrons. The minimum absolute atomic E-state index is 0.105. The molecule has 0 aliphatic carbocycles. The predicted molar refractivity (Wildman–Crippen MR) is 71.3 cm³/mol. The first-order valence-electron chi connectivity index (χ1n) is 6.17. The van der Waals surface area contributed by atoms with Crippen LogP contribution in [0.25, 0.3) is 0 Å². The fourth-order valence-corrected chi connectivity index (χ4v) is 1.75. The van der Waals surface area contributed by atoms with Gasteiger partial charge in [0.15, 0.2) is 0 Å². The molecule has 5 heteroatoms. The third kappa shape index (κ3) is 4.23. The number of halogens is 1. The first-order valence-corrected chi connectivity index (χ1v) is 6.17. The lowest BCUT2D eigenvalue weighted by Crippen LogP contribution is -2.30. The van der Waals surface area contributed by atoms with Crippen LogP contribution in [-0.4, -0.2) is 38.3 Å². The number of hydrogen-bond acceptors (Lipinski definition) is 4. The highest BCUT2D eigenvalue weighted by atomic mass is 19.1. The van der Waals surface area contributed by atoms with Gasteiger partial charge in [-0.2, -0.15) is 0 Å². The number of ether oxygens (including phenoxy) is 1. The third-order valence-electron chi connectivity index (χ3n) is 2.77. The maximum Gasteiger partial charge on any atom is 0.141 e. The Bertz CT molecular complexity index is 373. The second kappa shape index (κ2) is 7.28. The molecular weight excluding hydrogens is 233 g/mol. The van der Waals surface area contributed by atoms with Gasteiger partial charge in [0, 0.05) is 32.8 Å². The monoisotopic (exact) mass is 255 g/mol. The molecular formula is C13H22FN3O. The van der Waals surface area contributed by atoms with Crippen LogP contribution in [0.4, 0.5) is 10.2 Å². The molecule has 1 aromatic heterocycles. The summed E-state index contributed by atoms with van der Waals surface area (Å²) in [4.78, 5) is 6.16. The van der Waals surface area contributed by atoms with Crippen LogP contribution in [0.1, 0.15) is 19.4 Å². The minimum atomic E-state index is -0.306. The SMILES string of the molecule is CCNCc1cc(F)cnc1N(C)CC(C)OC. The maximum atomic E-state index is 13.2. The van der Waals surface area contributed by atoms with Crippen molar-refractivity contribution >= 4 is 5.82 Å². The average molecular weight is 255 g/mol. The van der Waals surface area contributed by atoms with Crippen LogP contribution in [-0.2, 0) is 11.3 Å². The number of nitrogens with one attached hydrogen (secondary N) is 1. The molecule has 0 bridgehead atoms. The zero-order valence-corrected chi connectivity index (χ0v) is 11.5. The van der Waals surface area contributed by atoms with Crippen molar-refractivity contribution in [2.45, 2.75) is 26.5 Å². The van der Waals surface area contributed by atoms with Crippen molar-refractivity contribution in [3.8, 4) is 0 Å². The van der Waals surface area contributed by atoms with Gasteiger partial charge in [-0.25, -0.2) is 9.37 Å². The van der Waals surface area contributed by atoms with E-state index in [1.54, 1.807) is 7.11 Å². The summed E-state index contributed by atoms with van der Waals surface area (Å²) in [6.07, 6.45) is 1.35. The Morgan fingerprint density at radius 2 is 2.28 bits per heavy atom. The van der Waals surface area contributed by atoms with Crippen molar-refractivity contribution in [2.75, 3.05) is 32.1 Å². The third-order valence-corrected chi connectivity index (χ3v) is 2.77. The summed E-state index contributed by atoms with van der Waals surface area (Å²) in [5, 5.41) is 3.19. The van der Waals surface area contributed by atoms with Crippen LogP contribution < -0.4 is 10.2 Å². The van der Waals surface area contributed by atoms with E-state index in [1.165, 1.54) is 12.3 Å². The second-order valence-corrected chi connectivity index (χ2v) is 4.34. The van der Waals surface area contributed by atoms with Crippen molar-refractivity contribution in [1.29, 1.82) is 0 Å². The number of nitrogens with zero attached hydrogens (tertiary/aromatic N) is 2. The van der Waals surface area contributed by atoms with Gasteiger partial charge in [-0.3, -0.25) is 0 Å². The molecule has 0 aromatic carbocycles. The van der Waals surface area contributed by atoms with Crippen LogP contribution in [0.5, 0.6) is 0 Å². The van der Waals surface area contributed by atoms with E-state index >= 15 is 0 Å². The molecule has 0 aliphatic rings. The van der Waals surface area contributed by atoms with Crippen molar-refractivity contribution in [3.63, 3.8) is 0 Å². The average Bonchev–Trinajstić information content (AvgIpc) is 2.36. The molecule has 0 amide bonds. The molecule has 1 unspecified atom stereocenters. The smallest absolute Gasteiger partial charge is 0.141 e. The molecule has 0 saturated heterocycles. The second-order valence-electron chi connectivity index (χ2n) is 4.34. The van der Waals surface area contributed by atoms with E-state index < -0.39 is 0 Å². The largest absolute Gasteiger partial charge is 0.380 e. The van der Waals surface area contributed by atoms with Crippen molar-refractivity contribution in [1.82, 2.24) is 10.3 Å². The van der Waals surface area contributed by atoms with E-state index in [0.29, 0.717) is 13.1 Å². The lowest BCUT2D eigenvalue weighted by molar-refractivity contribution is 0.124. The molecule has 1 atom stereocenters. The van der Waals surface area contributed by atoms with Crippen LogP contribution in [0, 0.1) is 5.82 Å². The van der Waals surface area contributed by atoms with Gasteiger partial charge in [0.05, 0.1) is 12.3 Å². The number of hydrogen-bond donors (Lipinski definition) is 1. The van der Waals surface area contributed by atoms with E-state index in [2.05, 4.69) is 10.3 Å². The molecule has 0 spiro atoms. The normalized spacial score (nSPS) is 12.5. The summed E-state index contributed by atoms with van der Waals surface area (Å²) >= 11 is 0. The van der Waals surface area contributed by atoms with E-state index in [9.17, 15) is 4.39 Å². The van der Waals surface area contributed by atoms with E-state index in [-0.39, 0.29) is 11.9 Å². The summed E-state index contributed by atoms with van der Waals surface area (Å²) < 4.78 is 18.5. The van der Waals surface area contributed by atoms with Crippen LogP contribution in [0.3, 0.4) is 0 Å². The van der Waals surface area contributed by atoms with Gasteiger partial charge >= 0.3 is 0 Å². The molecule has 0 fully saturated rings. The zero-order valence-electron chi connectivity index (χ0n) is 11.5. The molecule has 0 aliphatic heterocycles. The minimum Gasteiger partial charge on any atom is -0.380 e. The quantitative estimate of drug-likeness (QED) is 0.806. The lowest BCUT2D eigenvalue weighted by atomic mass is 10.2. The number of rotatable bonds is 7. The molecule has 4 nitrogen and oxygen atoms in total. The highest BCUT2D eigenvalue weighted by molar-refractivity contribution is 5.46. The molecule has 0 saturated carbocycles. The summed E-state index contributed by atoms with van der Waals surface area (Å²) in [7, 11) is 3.61. The Morgan fingerprint density at radius 3 is 2.89 bits per heavy atom. The number of aromatic nitrogens is 1. The first-order chi connectivity index (χ1) is 8.58. The summed E-state index contributed by atoms with van der Waals surface area (Å²) in [6.45, 7) is 6.18. The molecule has 102 valence electrons. The van der Waals surface area contributed by atoms with Crippen LogP contribution in [0.15, 0.2) is 12.3 Å². The van der Waals surface area contributed by atoms with Gasteiger partial charge in [-0.1, -0.05) is 6.92 Å². The number of pyridine rings is 1. The zero-order chi connectivity index (χ0) is 13.5. The summed E-state index contributed by atoms with van der Waals surface area (Å²) in [5.41, 5.74) is 0.864. The van der Waals surface area contributed by atoms with E-state index in [1.807, 2.05) is 25.8 Å². The van der Waals surface area contributed by atoms with Gasteiger partial charge in [-0.05, 0) is 19.5 Å². The van der Waals surface area contributed by atoms with Crippen LogP contribution >= 0.6 is 0 Å². The summed E-state index contributed by atoms with van der Waals surface area (Å²) in [6, 6.07) is 1.53. The Balaban J connectivity index is 2.85. The van der Waals surface area contributed by atoms with Gasteiger partial charge in [0.1, 0.15) is 11.6 Å². The number of anilines is 1. The van der Waals surface area contributed by atoms with Gasteiger partial charge in [0.2, 0.25) is 0 Å². The van der Waals surface area contributed by atoms with Crippen molar-refractivity contribution in [2.24, 2.45) is 0 Å². The van der Waals surface area contributed by atoms with Crippen molar-refractivity contribution in [3.05, 3.63) is 23.6 Å². The van der Waals surface area contributed by atoms with E-state index in [4.69, 9.17) is 4.74 Å². The Hall–Kier alpha value is -1.20. The summed E-state index contributed by atoms with van der Waals surface area (Å²) in [5.74, 6) is 0.487. The van der Waals surface area contributed by atoms with Crippen molar-refractivity contribution < 1.29 is 9.13 Å². The maximum absolute atomic E-state index is 13.2. The van der Waals surface area contributed by atoms with E-state index in [0.717, 1.165) is 17.9 Å². The number of likely N-dealkylation sites (N-methyl/N-ethyl adjacent to an activating group) is 1. The van der Waals surface area contributed by atoms with Gasteiger partial charge in [-0.15, -0.1) is 0 Å². The molecule has 1 rings (SSSR count). The molecule has 1 N–H and O–H groups in total.